The molecule has 1 N–H and O–H groups in total. The summed E-state index contributed by atoms with van der Waals surface area (Å²) in [4.78, 5) is 0. The van der Waals surface area contributed by atoms with Gasteiger partial charge in [0.2, 0.25) is 0 Å². The molecule has 0 unspecified atom stereocenters. The Morgan fingerprint density at radius 3 is 2.36 bits per heavy atom. The van der Waals surface area contributed by atoms with Crippen molar-refractivity contribution >= 4 is 17.3 Å². The molecule has 0 amide bonds. The van der Waals surface area contributed by atoms with Gasteiger partial charge in [-0.05, 0) is 37.1 Å². The van der Waals surface area contributed by atoms with Crippen LogP contribution >= 0.6 is 11.6 Å². The Labute approximate surface area is 71.4 Å². The van der Waals surface area contributed by atoms with Crippen LogP contribution in [0.25, 0.3) is 0 Å². The molecule has 0 bridgehead atoms. The Morgan fingerprint density at radius 1 is 1.18 bits per heavy atom. The van der Waals surface area contributed by atoms with Crippen LogP contribution in [0.2, 0.25) is 5.02 Å². The molecule has 0 radical (unpaired) electrons. The molecule has 0 aromatic heterocycles. The largest absolute Gasteiger partial charge is 0.382 e. The Kier molecular flexibility index (Phi) is 1.74. The number of hydrogen-bond acceptors (Lipinski definition) is 1. The minimum atomic E-state index is 0.719. The molecule has 2 rings (SSSR count). The number of nitrogens with one attached hydrogen (secondary N) is 1. The third-order valence-electron chi connectivity index (χ3n) is 1.79. The molecule has 1 aromatic rings. The fraction of sp³-hybridized carbons (Fsp3) is 0.333. The molecule has 1 saturated carbocycles. The van der Waals surface area contributed by atoms with Gasteiger partial charge in [-0.3, -0.25) is 0 Å². The van der Waals surface area contributed by atoms with Gasteiger partial charge in [0.15, 0.2) is 0 Å². The topological polar surface area (TPSA) is 12.0 Å². The normalized spacial score (nSPS) is 16.5. The lowest BCUT2D eigenvalue weighted by molar-refractivity contribution is 1.16. The lowest BCUT2D eigenvalue weighted by Gasteiger charge is -2.02. The summed E-state index contributed by atoms with van der Waals surface area (Å²) in [5, 5.41) is 4.18. The highest BCUT2D eigenvalue weighted by molar-refractivity contribution is 6.30. The zero-order chi connectivity index (χ0) is 7.68. The summed E-state index contributed by atoms with van der Waals surface area (Å²) < 4.78 is 0. The fourth-order valence-corrected chi connectivity index (χ4v) is 1.14. The monoisotopic (exact) mass is 167 g/mol. The summed E-state index contributed by atoms with van der Waals surface area (Å²) in [5.74, 6) is 0. The SMILES string of the molecule is Clc1ccc(NC2CC2)cc1. The van der Waals surface area contributed by atoms with Crippen molar-refractivity contribution in [1.29, 1.82) is 0 Å². The third-order valence-corrected chi connectivity index (χ3v) is 2.04. The molecule has 2 heteroatoms. The molecular weight excluding hydrogens is 158 g/mol. The highest BCUT2D eigenvalue weighted by atomic mass is 35.5. The zero-order valence-electron chi connectivity index (χ0n) is 6.18. The van der Waals surface area contributed by atoms with E-state index in [1.54, 1.807) is 0 Å². The van der Waals surface area contributed by atoms with Crippen molar-refractivity contribution in [3.63, 3.8) is 0 Å². The van der Waals surface area contributed by atoms with E-state index in [2.05, 4.69) is 5.32 Å². The van der Waals surface area contributed by atoms with Gasteiger partial charge in [0.1, 0.15) is 0 Å². The molecule has 0 spiro atoms. The minimum absolute atomic E-state index is 0.719. The van der Waals surface area contributed by atoms with E-state index in [-0.39, 0.29) is 0 Å². The van der Waals surface area contributed by atoms with Crippen LogP contribution in [0.3, 0.4) is 0 Å². The van der Waals surface area contributed by atoms with Crippen LogP contribution in [0.1, 0.15) is 12.8 Å². The summed E-state index contributed by atoms with van der Waals surface area (Å²) in [6, 6.07) is 8.57. The molecule has 1 aliphatic rings. The molecule has 1 aliphatic carbocycles. The van der Waals surface area contributed by atoms with Crippen LogP contribution in [-0.2, 0) is 0 Å². The first-order chi connectivity index (χ1) is 5.34. The average Bonchev–Trinajstić information content (AvgIpc) is 2.78. The highest BCUT2D eigenvalue weighted by Crippen LogP contribution is 2.25. The van der Waals surface area contributed by atoms with E-state index in [0.29, 0.717) is 0 Å². The van der Waals surface area contributed by atoms with E-state index in [9.17, 15) is 0 Å². The first kappa shape index (κ1) is 6.99. The van der Waals surface area contributed by atoms with E-state index in [4.69, 9.17) is 11.6 Å². The van der Waals surface area contributed by atoms with Crippen LogP contribution in [0.15, 0.2) is 24.3 Å². The van der Waals surface area contributed by atoms with Gasteiger partial charge in [0.25, 0.3) is 0 Å². The first-order valence-corrected chi connectivity index (χ1v) is 4.24. The second-order valence-corrected chi connectivity index (χ2v) is 3.36. The van der Waals surface area contributed by atoms with Gasteiger partial charge in [-0.15, -0.1) is 0 Å². The van der Waals surface area contributed by atoms with E-state index < -0.39 is 0 Å². The van der Waals surface area contributed by atoms with Gasteiger partial charge in [0, 0.05) is 16.8 Å². The van der Waals surface area contributed by atoms with Crippen molar-refractivity contribution in [3.05, 3.63) is 29.3 Å². The summed E-state index contributed by atoms with van der Waals surface area (Å²) in [7, 11) is 0. The minimum Gasteiger partial charge on any atom is -0.382 e. The number of hydrogen-bond donors (Lipinski definition) is 1. The molecule has 58 valence electrons. The number of halogens is 1. The predicted molar refractivity (Wildman–Crippen MR) is 48.1 cm³/mol. The van der Waals surface area contributed by atoms with Crippen LogP contribution in [0.4, 0.5) is 5.69 Å². The molecule has 0 saturated heterocycles. The maximum Gasteiger partial charge on any atom is 0.0407 e. The van der Waals surface area contributed by atoms with Crippen molar-refractivity contribution in [2.45, 2.75) is 18.9 Å². The lowest BCUT2D eigenvalue weighted by Crippen LogP contribution is -1.99. The average molecular weight is 168 g/mol. The van der Waals surface area contributed by atoms with Crippen LogP contribution in [0, 0.1) is 0 Å². The van der Waals surface area contributed by atoms with Gasteiger partial charge in [-0.1, -0.05) is 11.6 Å². The van der Waals surface area contributed by atoms with Gasteiger partial charge in [-0.25, -0.2) is 0 Å². The smallest absolute Gasteiger partial charge is 0.0407 e. The standard InChI is InChI=1S/C9H10ClN/c10-7-1-3-8(4-2-7)11-9-5-6-9/h1-4,9,11H,5-6H2. The maximum atomic E-state index is 5.74. The first-order valence-electron chi connectivity index (χ1n) is 3.87. The summed E-state index contributed by atoms with van der Waals surface area (Å²) >= 11 is 5.74. The second kappa shape index (κ2) is 2.74. The van der Waals surface area contributed by atoms with E-state index in [1.165, 1.54) is 18.5 Å². The molecule has 0 atom stereocenters. The molecule has 11 heavy (non-hydrogen) atoms. The van der Waals surface area contributed by atoms with Crippen LogP contribution in [0.5, 0.6) is 0 Å². The van der Waals surface area contributed by atoms with Crippen molar-refractivity contribution in [2.75, 3.05) is 5.32 Å². The van der Waals surface area contributed by atoms with Gasteiger partial charge >= 0.3 is 0 Å². The lowest BCUT2D eigenvalue weighted by atomic mass is 10.3. The molecule has 1 aromatic carbocycles. The molecule has 0 heterocycles. The molecular formula is C9H10ClN. The highest BCUT2D eigenvalue weighted by Gasteiger charge is 2.20. The molecule has 1 nitrogen and oxygen atoms in total. The maximum absolute atomic E-state index is 5.74. The number of benzene rings is 1. The number of anilines is 1. The molecule has 1 fully saturated rings. The number of rotatable bonds is 2. The second-order valence-electron chi connectivity index (χ2n) is 2.93. The van der Waals surface area contributed by atoms with Crippen molar-refractivity contribution in [2.24, 2.45) is 0 Å². The Balaban J connectivity index is 2.06. The fourth-order valence-electron chi connectivity index (χ4n) is 1.01. The van der Waals surface area contributed by atoms with E-state index >= 15 is 0 Å². The third kappa shape index (κ3) is 1.87. The van der Waals surface area contributed by atoms with Crippen molar-refractivity contribution in [1.82, 2.24) is 0 Å². The Bertz CT molecular complexity index is 238. The summed E-state index contributed by atoms with van der Waals surface area (Å²) in [5.41, 5.74) is 1.18. The van der Waals surface area contributed by atoms with Gasteiger partial charge in [0.05, 0.1) is 0 Å². The van der Waals surface area contributed by atoms with E-state index in [0.717, 1.165) is 11.1 Å². The summed E-state index contributed by atoms with van der Waals surface area (Å²) in [6.45, 7) is 0. The van der Waals surface area contributed by atoms with Crippen LogP contribution < -0.4 is 5.32 Å². The van der Waals surface area contributed by atoms with Crippen molar-refractivity contribution in [3.8, 4) is 0 Å². The van der Waals surface area contributed by atoms with Crippen molar-refractivity contribution < 1.29 is 0 Å². The quantitative estimate of drug-likeness (QED) is 0.714. The van der Waals surface area contributed by atoms with E-state index in [1.807, 2.05) is 24.3 Å². The van der Waals surface area contributed by atoms with Gasteiger partial charge < -0.3 is 5.32 Å². The summed E-state index contributed by atoms with van der Waals surface area (Å²) in [6.07, 6.45) is 2.62. The Hall–Kier alpha value is -0.690. The zero-order valence-corrected chi connectivity index (χ0v) is 6.93. The predicted octanol–water partition coefficient (Wildman–Crippen LogP) is 2.91. The molecule has 0 aliphatic heterocycles. The van der Waals surface area contributed by atoms with Crippen LogP contribution in [-0.4, -0.2) is 6.04 Å². The van der Waals surface area contributed by atoms with Gasteiger partial charge in [-0.2, -0.15) is 0 Å². The Morgan fingerprint density at radius 2 is 1.82 bits per heavy atom.